The molecule has 258 valence electrons. The van der Waals surface area contributed by atoms with Crippen LogP contribution in [0.3, 0.4) is 0 Å². The molecule has 16 heteroatoms. The number of rotatable bonds is 0. The average Bonchev–Trinajstić information content (AvgIpc) is 3.08. The van der Waals surface area contributed by atoms with E-state index in [9.17, 15) is 30.2 Å². The van der Waals surface area contributed by atoms with Gasteiger partial charge in [-0.2, -0.15) is 0 Å². The van der Waals surface area contributed by atoms with Crippen LogP contribution in [0, 0.1) is 0 Å². The van der Waals surface area contributed by atoms with Gasteiger partial charge in [0.15, 0.2) is 23.0 Å². The zero-order chi connectivity index (χ0) is 35.9. The SMILES string of the molecule is O=C1NC=Cc2ccc(c(Br)c2)Oc2cc(cc(Br)c2O)CCNC(=O)C(=NO)Cc2ccc(c(Br)c2)Oc2cc(cc(Br)c2O)CC1=NO. The molecule has 0 saturated carbocycles. The Labute approximate surface area is 319 Å². The highest BCUT2D eigenvalue weighted by Gasteiger charge is 2.19. The second kappa shape index (κ2) is 16.6. The minimum atomic E-state index is -0.665. The van der Waals surface area contributed by atoms with Gasteiger partial charge in [-0.1, -0.05) is 22.4 Å². The van der Waals surface area contributed by atoms with Crippen LogP contribution >= 0.6 is 63.7 Å². The number of nitrogens with one attached hydrogen (secondary N) is 2. The minimum Gasteiger partial charge on any atom is -0.503 e. The summed E-state index contributed by atoms with van der Waals surface area (Å²) in [6, 6.07) is 16.5. The van der Waals surface area contributed by atoms with Crippen LogP contribution in [0.5, 0.6) is 34.5 Å². The Balaban J connectivity index is 1.48. The Morgan fingerprint density at radius 3 is 1.78 bits per heavy atom. The van der Waals surface area contributed by atoms with Gasteiger partial charge in [0.2, 0.25) is 0 Å². The van der Waals surface area contributed by atoms with Crippen LogP contribution in [0.15, 0.2) is 95.1 Å². The summed E-state index contributed by atoms with van der Waals surface area (Å²) in [6.07, 6.45) is 3.26. The standard InChI is InChI=1S/C34H26Br4N4O8/c35-21-9-17-1-3-27(21)49-29-15-19(11-23(37)31(29)43)6-8-40-33(45)25(41-47)13-18-2-4-28(22(36)10-18)50-30-16-20(12-24(38)32(30)44)14-26(42-48)34(46)39-7-5-17/h1-5,7,9-12,15-16,43-44,47-48H,6,8,13-14H2,(H,39,46)(H,40,45). The Hall–Kier alpha value is -4.38. The summed E-state index contributed by atoms with van der Waals surface area (Å²) < 4.78 is 13.7. The molecule has 8 bridgehead atoms. The second-order valence-electron chi connectivity index (χ2n) is 10.8. The van der Waals surface area contributed by atoms with Gasteiger partial charge < -0.3 is 40.7 Å². The number of hydrogen-bond acceptors (Lipinski definition) is 10. The first-order valence-electron chi connectivity index (χ1n) is 14.6. The van der Waals surface area contributed by atoms with E-state index in [1.807, 2.05) is 0 Å². The summed E-state index contributed by atoms with van der Waals surface area (Å²) in [4.78, 5) is 25.8. The van der Waals surface area contributed by atoms with Crippen molar-refractivity contribution < 1.29 is 39.7 Å². The van der Waals surface area contributed by atoms with E-state index in [1.165, 1.54) is 12.3 Å². The minimum absolute atomic E-state index is 0.00949. The summed E-state index contributed by atoms with van der Waals surface area (Å²) >= 11 is 13.6. The van der Waals surface area contributed by atoms with E-state index in [0.717, 1.165) is 5.56 Å². The Morgan fingerprint density at radius 1 is 0.620 bits per heavy atom. The third-order valence-electron chi connectivity index (χ3n) is 7.27. The number of hydrogen-bond donors (Lipinski definition) is 6. The van der Waals surface area contributed by atoms with Gasteiger partial charge in [0.25, 0.3) is 11.8 Å². The highest BCUT2D eigenvalue weighted by molar-refractivity contribution is 9.11. The number of nitrogens with zero attached hydrogens (tertiary/aromatic N) is 2. The number of phenols is 2. The molecular weight excluding hydrogens is 912 g/mol. The number of halogens is 4. The molecule has 8 rings (SSSR count). The van der Waals surface area contributed by atoms with E-state index < -0.39 is 11.8 Å². The maximum Gasteiger partial charge on any atom is 0.273 e. The maximum absolute atomic E-state index is 12.9. The molecule has 12 nitrogen and oxygen atoms in total. The highest BCUT2D eigenvalue weighted by Crippen LogP contribution is 2.42. The molecule has 0 aromatic heterocycles. The Morgan fingerprint density at radius 2 is 1.16 bits per heavy atom. The molecule has 6 N–H and O–H groups in total. The molecular formula is C34H26Br4N4O8. The average molecular weight is 938 g/mol. The lowest BCUT2D eigenvalue weighted by molar-refractivity contribution is -0.115. The molecule has 0 spiro atoms. The van der Waals surface area contributed by atoms with Crippen LogP contribution in [0.4, 0.5) is 0 Å². The molecule has 0 fully saturated rings. The number of amides is 2. The third-order valence-corrected chi connectivity index (χ3v) is 9.72. The van der Waals surface area contributed by atoms with Crippen LogP contribution in [0.25, 0.3) is 6.08 Å². The van der Waals surface area contributed by atoms with Crippen molar-refractivity contribution in [1.29, 1.82) is 0 Å². The number of oxime groups is 2. The van der Waals surface area contributed by atoms with Crippen molar-refractivity contribution in [3.8, 4) is 34.5 Å². The molecule has 4 aliphatic rings. The van der Waals surface area contributed by atoms with Gasteiger partial charge in [-0.3, -0.25) is 9.59 Å². The monoisotopic (exact) mass is 934 g/mol. The van der Waals surface area contributed by atoms with Crippen molar-refractivity contribution in [2.24, 2.45) is 10.3 Å². The van der Waals surface area contributed by atoms with Gasteiger partial charge in [-0.15, -0.1) is 0 Å². The smallest absolute Gasteiger partial charge is 0.273 e. The van der Waals surface area contributed by atoms with Crippen LogP contribution in [0.2, 0.25) is 0 Å². The molecule has 50 heavy (non-hydrogen) atoms. The number of carbonyl (C=O) groups excluding carboxylic acids is 2. The van der Waals surface area contributed by atoms with Gasteiger partial charge in [-0.05, 0) is 147 Å². The molecule has 0 atom stereocenters. The fourth-order valence-electron chi connectivity index (χ4n) is 4.76. The van der Waals surface area contributed by atoms with E-state index in [2.05, 4.69) is 84.7 Å². The summed E-state index contributed by atoms with van der Waals surface area (Å²) in [5.41, 5.74) is 2.19. The van der Waals surface area contributed by atoms with E-state index in [1.54, 1.807) is 60.7 Å². The fraction of sp³-hybridized carbons (Fsp3) is 0.118. The number of aromatic hydroxyl groups is 2. The maximum atomic E-state index is 12.9. The van der Waals surface area contributed by atoms with Crippen LogP contribution in [-0.2, 0) is 28.9 Å². The molecule has 2 amide bonds. The number of carbonyl (C=O) groups is 2. The quantitative estimate of drug-likeness (QED) is 0.0759. The second-order valence-corrected chi connectivity index (χ2v) is 14.2. The van der Waals surface area contributed by atoms with E-state index in [4.69, 9.17) is 9.47 Å². The van der Waals surface area contributed by atoms with Crippen LogP contribution in [-0.4, -0.2) is 50.4 Å². The van der Waals surface area contributed by atoms with E-state index >= 15 is 0 Å². The molecule has 4 heterocycles. The summed E-state index contributed by atoms with van der Waals surface area (Å²) in [5.74, 6) is -0.629. The summed E-state index contributed by atoms with van der Waals surface area (Å²) in [6.45, 7) is 0.190. The Bertz CT molecular complexity index is 2070. The van der Waals surface area contributed by atoms with Gasteiger partial charge in [0, 0.05) is 25.6 Å². The van der Waals surface area contributed by atoms with E-state index in [0.29, 0.717) is 48.0 Å². The van der Waals surface area contributed by atoms with Crippen molar-refractivity contribution in [2.75, 3.05) is 6.54 Å². The molecule has 0 saturated heterocycles. The number of ether oxygens (including phenoxy) is 2. The van der Waals surface area contributed by atoms with E-state index in [-0.39, 0.29) is 58.3 Å². The third kappa shape index (κ3) is 9.04. The van der Waals surface area contributed by atoms with Gasteiger partial charge in [0.1, 0.15) is 22.9 Å². The lowest BCUT2D eigenvalue weighted by Crippen LogP contribution is -2.33. The summed E-state index contributed by atoms with van der Waals surface area (Å²) in [5, 5.41) is 52.4. The van der Waals surface area contributed by atoms with Crippen LogP contribution < -0.4 is 20.1 Å². The lowest BCUT2D eigenvalue weighted by Gasteiger charge is -2.14. The fourth-order valence-corrected chi connectivity index (χ4v) is 6.73. The summed E-state index contributed by atoms with van der Waals surface area (Å²) in [7, 11) is 0. The van der Waals surface area contributed by atoms with Crippen molar-refractivity contribution in [3.63, 3.8) is 0 Å². The van der Waals surface area contributed by atoms with Gasteiger partial charge in [0.05, 0.1) is 17.9 Å². The van der Waals surface area contributed by atoms with Gasteiger partial charge >= 0.3 is 0 Å². The zero-order valence-corrected chi connectivity index (χ0v) is 31.9. The Kier molecular flexibility index (Phi) is 12.2. The normalized spacial score (nSPS) is 15.9. The van der Waals surface area contributed by atoms with Crippen molar-refractivity contribution in [1.82, 2.24) is 10.6 Å². The molecule has 4 aromatic rings. The molecule has 4 aromatic carbocycles. The zero-order valence-electron chi connectivity index (χ0n) is 25.6. The predicted molar refractivity (Wildman–Crippen MR) is 200 cm³/mol. The first kappa shape index (κ1) is 36.9. The van der Waals surface area contributed by atoms with Crippen LogP contribution in [0.1, 0.15) is 22.3 Å². The van der Waals surface area contributed by atoms with Gasteiger partial charge in [-0.25, -0.2) is 0 Å². The lowest BCUT2D eigenvalue weighted by atomic mass is 10.1. The molecule has 0 unspecified atom stereocenters. The molecule has 0 radical (unpaired) electrons. The molecule has 4 aliphatic heterocycles. The largest absolute Gasteiger partial charge is 0.503 e. The first-order chi connectivity index (χ1) is 23.9. The van der Waals surface area contributed by atoms with Crippen molar-refractivity contribution in [3.05, 3.63) is 107 Å². The number of phenolic OH excluding ortho intramolecular Hbond substituents is 2. The highest BCUT2D eigenvalue weighted by atomic mass is 79.9. The predicted octanol–water partition coefficient (Wildman–Crippen LogP) is 7.94. The van der Waals surface area contributed by atoms with Crippen molar-refractivity contribution in [2.45, 2.75) is 19.3 Å². The van der Waals surface area contributed by atoms with Crippen molar-refractivity contribution >= 4 is 93.0 Å². The number of benzene rings is 4. The first-order valence-corrected chi connectivity index (χ1v) is 17.8. The topological polar surface area (TPSA) is 182 Å². The molecule has 0 aliphatic carbocycles.